The van der Waals surface area contributed by atoms with Crippen LogP contribution in [0.1, 0.15) is 10.4 Å². The van der Waals surface area contributed by atoms with Gasteiger partial charge in [-0.05, 0) is 23.9 Å². The molecule has 0 atom stereocenters. The predicted octanol–water partition coefficient (Wildman–Crippen LogP) is 3.38. The Balaban J connectivity index is 1.74. The van der Waals surface area contributed by atoms with Crippen LogP contribution < -0.4 is 0 Å². The number of aldehydes is 1. The highest BCUT2D eigenvalue weighted by molar-refractivity contribution is 7.99. The first kappa shape index (κ1) is 15.2. The van der Waals surface area contributed by atoms with Crippen molar-refractivity contribution in [2.24, 2.45) is 0 Å². The van der Waals surface area contributed by atoms with E-state index in [-0.39, 0.29) is 11.3 Å². The highest BCUT2D eigenvalue weighted by Crippen LogP contribution is 2.31. The van der Waals surface area contributed by atoms with Gasteiger partial charge in [0.15, 0.2) is 11.9 Å². The summed E-state index contributed by atoms with van der Waals surface area (Å²) in [6, 6.07) is 11.7. The van der Waals surface area contributed by atoms with Gasteiger partial charge in [-0.2, -0.15) is 0 Å². The number of rotatable bonds is 4. The van der Waals surface area contributed by atoms with Crippen LogP contribution in [0.15, 0.2) is 52.5 Å². The van der Waals surface area contributed by atoms with Crippen LogP contribution in [0.25, 0.3) is 22.1 Å². The Bertz CT molecular complexity index is 1140. The first-order valence-corrected chi connectivity index (χ1v) is 8.00. The maximum atomic E-state index is 11.2. The lowest BCUT2D eigenvalue weighted by Crippen LogP contribution is -1.94. The number of fused-ring (bicyclic) bond motifs is 3. The molecular weight excluding hydrogens is 342 g/mol. The molecule has 0 amide bonds. The van der Waals surface area contributed by atoms with E-state index >= 15 is 0 Å². The van der Waals surface area contributed by atoms with Gasteiger partial charge in [0, 0.05) is 33.5 Å². The SMILES string of the molecule is O=Cc1cc([N+](=O)[O-])ccc1Sc1nnc2c(n1)[nH]c1ccccc12. The third kappa shape index (κ3) is 2.70. The number of hydrogen-bond donors (Lipinski definition) is 1. The lowest BCUT2D eigenvalue weighted by atomic mass is 10.2. The van der Waals surface area contributed by atoms with Gasteiger partial charge < -0.3 is 4.98 Å². The van der Waals surface area contributed by atoms with E-state index in [1.165, 1.54) is 18.2 Å². The molecular formula is C16H9N5O3S. The molecule has 2 heterocycles. The van der Waals surface area contributed by atoms with Gasteiger partial charge >= 0.3 is 0 Å². The normalized spacial score (nSPS) is 11.0. The molecule has 8 nitrogen and oxygen atoms in total. The third-order valence-electron chi connectivity index (χ3n) is 3.63. The van der Waals surface area contributed by atoms with Crippen molar-refractivity contribution in [1.82, 2.24) is 20.2 Å². The average Bonchev–Trinajstić information content (AvgIpc) is 2.99. The van der Waals surface area contributed by atoms with Gasteiger partial charge in [-0.1, -0.05) is 18.2 Å². The van der Waals surface area contributed by atoms with Crippen LogP contribution >= 0.6 is 11.8 Å². The number of aromatic nitrogens is 4. The van der Waals surface area contributed by atoms with Crippen molar-refractivity contribution in [3.05, 3.63) is 58.1 Å². The quantitative estimate of drug-likeness (QED) is 0.340. The fourth-order valence-electron chi connectivity index (χ4n) is 2.48. The Morgan fingerprint density at radius 3 is 2.80 bits per heavy atom. The van der Waals surface area contributed by atoms with E-state index in [4.69, 9.17) is 0 Å². The lowest BCUT2D eigenvalue weighted by molar-refractivity contribution is -0.384. The maximum absolute atomic E-state index is 11.2. The van der Waals surface area contributed by atoms with E-state index in [2.05, 4.69) is 20.2 Å². The summed E-state index contributed by atoms with van der Waals surface area (Å²) >= 11 is 1.13. The molecule has 0 aliphatic carbocycles. The van der Waals surface area contributed by atoms with Crippen LogP contribution in [0.4, 0.5) is 5.69 Å². The molecule has 122 valence electrons. The summed E-state index contributed by atoms with van der Waals surface area (Å²) in [5, 5.41) is 20.4. The highest BCUT2D eigenvalue weighted by Gasteiger charge is 2.14. The van der Waals surface area contributed by atoms with Crippen molar-refractivity contribution in [3.8, 4) is 0 Å². The molecule has 9 heteroatoms. The van der Waals surface area contributed by atoms with Crippen LogP contribution in [0.3, 0.4) is 0 Å². The zero-order valence-corrected chi connectivity index (χ0v) is 13.4. The molecule has 0 spiro atoms. The van der Waals surface area contributed by atoms with E-state index in [1.54, 1.807) is 0 Å². The Kier molecular flexibility index (Phi) is 3.62. The molecule has 0 unspecified atom stereocenters. The van der Waals surface area contributed by atoms with Gasteiger partial charge in [0.2, 0.25) is 5.16 Å². The number of para-hydroxylation sites is 1. The fraction of sp³-hybridized carbons (Fsp3) is 0. The summed E-state index contributed by atoms with van der Waals surface area (Å²) in [7, 11) is 0. The molecule has 0 bridgehead atoms. The molecule has 0 saturated carbocycles. The molecule has 4 rings (SSSR count). The largest absolute Gasteiger partial charge is 0.338 e. The highest BCUT2D eigenvalue weighted by atomic mass is 32.2. The van der Waals surface area contributed by atoms with Crippen molar-refractivity contribution in [2.45, 2.75) is 10.1 Å². The summed E-state index contributed by atoms with van der Waals surface area (Å²) < 4.78 is 0. The van der Waals surface area contributed by atoms with E-state index in [1.807, 2.05) is 24.3 Å². The summed E-state index contributed by atoms with van der Waals surface area (Å²) in [6.45, 7) is 0. The number of nitrogens with one attached hydrogen (secondary N) is 1. The number of non-ortho nitro benzene ring substituents is 1. The second kappa shape index (κ2) is 5.95. The second-order valence-corrected chi connectivity index (χ2v) is 6.17. The van der Waals surface area contributed by atoms with Crippen molar-refractivity contribution in [2.75, 3.05) is 0 Å². The van der Waals surface area contributed by atoms with Crippen LogP contribution in [-0.2, 0) is 0 Å². The van der Waals surface area contributed by atoms with Crippen molar-refractivity contribution in [3.63, 3.8) is 0 Å². The molecule has 0 fully saturated rings. The number of nitro benzene ring substituents is 1. The lowest BCUT2D eigenvalue weighted by Gasteiger charge is -2.03. The number of benzene rings is 2. The van der Waals surface area contributed by atoms with Gasteiger partial charge in [0.05, 0.1) is 4.92 Å². The number of H-pyrrole nitrogens is 1. The molecule has 2 aromatic heterocycles. The topological polar surface area (TPSA) is 115 Å². The summed E-state index contributed by atoms with van der Waals surface area (Å²) in [5.74, 6) is 0. The van der Waals surface area contributed by atoms with Crippen LogP contribution in [0.5, 0.6) is 0 Å². The zero-order chi connectivity index (χ0) is 17.4. The molecule has 2 aromatic carbocycles. The molecule has 1 N–H and O–H groups in total. The number of carbonyl (C=O) groups excluding carboxylic acids is 1. The predicted molar refractivity (Wildman–Crippen MR) is 91.8 cm³/mol. The number of aromatic amines is 1. The fourth-order valence-corrected chi connectivity index (χ4v) is 3.26. The molecule has 4 aromatic rings. The number of nitrogens with zero attached hydrogens (tertiary/aromatic N) is 4. The van der Waals surface area contributed by atoms with Crippen LogP contribution in [-0.4, -0.2) is 31.4 Å². The van der Waals surface area contributed by atoms with Gasteiger partial charge in [-0.25, -0.2) is 4.98 Å². The van der Waals surface area contributed by atoms with Gasteiger partial charge in [0.25, 0.3) is 5.69 Å². The van der Waals surface area contributed by atoms with Crippen molar-refractivity contribution < 1.29 is 9.72 Å². The summed E-state index contributed by atoms with van der Waals surface area (Å²) in [6.07, 6.45) is 0.574. The van der Waals surface area contributed by atoms with Crippen molar-refractivity contribution >= 4 is 45.8 Å². The van der Waals surface area contributed by atoms with E-state index in [9.17, 15) is 14.9 Å². The van der Waals surface area contributed by atoms with Crippen LogP contribution in [0.2, 0.25) is 0 Å². The van der Waals surface area contributed by atoms with E-state index < -0.39 is 4.92 Å². The van der Waals surface area contributed by atoms with Gasteiger partial charge in [-0.15, -0.1) is 10.2 Å². The third-order valence-corrected chi connectivity index (χ3v) is 4.58. The zero-order valence-electron chi connectivity index (χ0n) is 12.5. The van der Waals surface area contributed by atoms with Gasteiger partial charge in [-0.3, -0.25) is 14.9 Å². The molecule has 0 radical (unpaired) electrons. The molecule has 0 aliphatic heterocycles. The standard InChI is InChI=1S/C16H9N5O3S/c22-8-9-7-10(21(23)24)5-6-13(9)25-16-18-15-14(19-20-16)11-3-1-2-4-12(11)17-15/h1-8H,(H,17,18,20). The average molecular weight is 351 g/mol. The second-order valence-electron chi connectivity index (χ2n) is 5.16. The first-order valence-electron chi connectivity index (χ1n) is 7.18. The monoisotopic (exact) mass is 351 g/mol. The van der Waals surface area contributed by atoms with Crippen LogP contribution in [0, 0.1) is 10.1 Å². The van der Waals surface area contributed by atoms with Crippen molar-refractivity contribution in [1.29, 1.82) is 0 Å². The first-order chi connectivity index (χ1) is 12.2. The minimum atomic E-state index is -0.546. The number of nitro groups is 1. The smallest absolute Gasteiger partial charge is 0.270 e. The molecule has 25 heavy (non-hydrogen) atoms. The minimum Gasteiger partial charge on any atom is -0.338 e. The number of carbonyl (C=O) groups is 1. The Hall–Kier alpha value is -3.33. The Morgan fingerprint density at radius 1 is 1.16 bits per heavy atom. The molecule has 0 aliphatic rings. The maximum Gasteiger partial charge on any atom is 0.270 e. The Labute approximate surface area is 144 Å². The Morgan fingerprint density at radius 2 is 2.00 bits per heavy atom. The summed E-state index contributed by atoms with van der Waals surface area (Å²) in [4.78, 5) is 29.6. The van der Waals surface area contributed by atoms with Gasteiger partial charge in [0.1, 0.15) is 5.52 Å². The summed E-state index contributed by atoms with van der Waals surface area (Å²) in [5.41, 5.74) is 2.23. The van der Waals surface area contributed by atoms with E-state index in [0.717, 1.165) is 22.7 Å². The van der Waals surface area contributed by atoms with E-state index in [0.29, 0.717) is 27.5 Å². The number of hydrogen-bond acceptors (Lipinski definition) is 7. The molecule has 0 saturated heterocycles. The minimum absolute atomic E-state index is 0.142.